The normalized spacial score (nSPS) is 19.0. The summed E-state index contributed by atoms with van der Waals surface area (Å²) in [7, 11) is 0. The smallest absolute Gasteiger partial charge is 0.298 e. The van der Waals surface area contributed by atoms with Gasteiger partial charge in [-0.05, 0) is 49.3 Å². The molecule has 1 aromatic heterocycles. The van der Waals surface area contributed by atoms with E-state index in [4.69, 9.17) is 4.42 Å². The molecule has 2 fully saturated rings. The minimum absolute atomic E-state index is 0.129. The first-order chi connectivity index (χ1) is 14.3. The Kier molecular flexibility index (Phi) is 4.96. The van der Waals surface area contributed by atoms with E-state index in [0.29, 0.717) is 17.8 Å². The van der Waals surface area contributed by atoms with Crippen molar-refractivity contribution >= 4 is 23.0 Å². The first kappa shape index (κ1) is 18.2. The molecule has 0 saturated carbocycles. The van der Waals surface area contributed by atoms with E-state index in [9.17, 15) is 4.79 Å². The number of rotatable bonds is 3. The van der Waals surface area contributed by atoms with Crippen molar-refractivity contribution in [2.24, 2.45) is 5.92 Å². The maximum absolute atomic E-state index is 13.0. The van der Waals surface area contributed by atoms with Gasteiger partial charge in [0.25, 0.3) is 6.01 Å². The molecule has 2 aliphatic rings. The van der Waals surface area contributed by atoms with Crippen LogP contribution in [-0.2, 0) is 4.79 Å². The predicted molar refractivity (Wildman–Crippen MR) is 114 cm³/mol. The topological polar surface area (TPSA) is 49.6 Å². The van der Waals surface area contributed by atoms with Gasteiger partial charge < -0.3 is 14.2 Å². The van der Waals surface area contributed by atoms with E-state index in [0.717, 1.165) is 63.0 Å². The van der Waals surface area contributed by atoms with Crippen LogP contribution < -0.4 is 4.90 Å². The lowest BCUT2D eigenvalue weighted by Crippen LogP contribution is -2.45. The maximum Gasteiger partial charge on any atom is 0.298 e. The molecule has 0 bridgehead atoms. The molecule has 29 heavy (non-hydrogen) atoms. The number of hydrogen-bond donors (Lipinski definition) is 0. The summed E-state index contributed by atoms with van der Waals surface area (Å²) in [5, 5.41) is 0. The van der Waals surface area contributed by atoms with Crippen LogP contribution in [0.3, 0.4) is 0 Å². The molecule has 0 unspecified atom stereocenters. The van der Waals surface area contributed by atoms with Crippen LogP contribution in [0.4, 0.5) is 6.01 Å². The van der Waals surface area contributed by atoms with E-state index in [-0.39, 0.29) is 5.92 Å². The monoisotopic (exact) mass is 389 g/mol. The third-order valence-corrected chi connectivity index (χ3v) is 6.47. The van der Waals surface area contributed by atoms with Crippen molar-refractivity contribution in [3.8, 4) is 0 Å². The Morgan fingerprint density at radius 3 is 2.28 bits per heavy atom. The van der Waals surface area contributed by atoms with Gasteiger partial charge in [-0.1, -0.05) is 42.5 Å². The van der Waals surface area contributed by atoms with Crippen LogP contribution in [0, 0.1) is 5.92 Å². The molecular formula is C24H27N3O2. The lowest BCUT2D eigenvalue weighted by molar-refractivity contribution is -0.137. The average molecular weight is 389 g/mol. The third kappa shape index (κ3) is 3.74. The minimum atomic E-state index is 0.129. The number of likely N-dealkylation sites (tertiary alicyclic amines) is 1. The number of anilines is 1. The Bertz CT molecular complexity index is 935. The Hall–Kier alpha value is -2.82. The summed E-state index contributed by atoms with van der Waals surface area (Å²) in [4.78, 5) is 21.9. The van der Waals surface area contributed by atoms with Gasteiger partial charge in [-0.2, -0.15) is 4.98 Å². The van der Waals surface area contributed by atoms with E-state index < -0.39 is 0 Å². The minimum Gasteiger partial charge on any atom is -0.423 e. The van der Waals surface area contributed by atoms with Crippen LogP contribution in [-0.4, -0.2) is 42.0 Å². The number of amides is 1. The number of aromatic nitrogens is 1. The predicted octanol–water partition coefficient (Wildman–Crippen LogP) is 4.45. The molecule has 1 amide bonds. The molecule has 0 radical (unpaired) electrons. The van der Waals surface area contributed by atoms with Crippen LogP contribution in [0.5, 0.6) is 0 Å². The fourth-order valence-electron chi connectivity index (χ4n) is 4.73. The van der Waals surface area contributed by atoms with Gasteiger partial charge >= 0.3 is 0 Å². The summed E-state index contributed by atoms with van der Waals surface area (Å²) >= 11 is 0. The summed E-state index contributed by atoms with van der Waals surface area (Å²) in [5.74, 6) is 1.05. The number of nitrogens with zero attached hydrogens (tertiary/aromatic N) is 3. The molecule has 0 N–H and O–H groups in total. The van der Waals surface area contributed by atoms with E-state index in [1.807, 2.05) is 24.3 Å². The molecule has 3 aromatic rings. The Morgan fingerprint density at radius 2 is 1.55 bits per heavy atom. The van der Waals surface area contributed by atoms with E-state index in [1.165, 1.54) is 5.56 Å². The molecule has 2 saturated heterocycles. The van der Waals surface area contributed by atoms with Gasteiger partial charge in [0.05, 0.1) is 0 Å². The van der Waals surface area contributed by atoms with Crippen LogP contribution in [0.2, 0.25) is 0 Å². The van der Waals surface area contributed by atoms with E-state index in [1.54, 1.807) is 0 Å². The number of oxazole rings is 1. The van der Waals surface area contributed by atoms with Crippen molar-refractivity contribution in [1.82, 2.24) is 9.88 Å². The zero-order valence-corrected chi connectivity index (χ0v) is 16.7. The van der Waals surface area contributed by atoms with Crippen molar-refractivity contribution < 1.29 is 9.21 Å². The summed E-state index contributed by atoms with van der Waals surface area (Å²) in [6.07, 6.45) is 3.88. The fraction of sp³-hybridized carbons (Fsp3) is 0.417. The fourth-order valence-corrected chi connectivity index (χ4v) is 4.73. The SMILES string of the molecule is O=C(C1CCN(c2nc3ccccc3o2)CC1)N1CCC(c2ccccc2)CC1. The van der Waals surface area contributed by atoms with Crippen LogP contribution >= 0.6 is 0 Å². The zero-order valence-electron chi connectivity index (χ0n) is 16.7. The first-order valence-electron chi connectivity index (χ1n) is 10.7. The van der Waals surface area contributed by atoms with Gasteiger partial charge in [0, 0.05) is 32.1 Å². The number of hydrogen-bond acceptors (Lipinski definition) is 4. The van der Waals surface area contributed by atoms with Crippen molar-refractivity contribution in [3.63, 3.8) is 0 Å². The molecule has 5 heteroatoms. The number of piperidine rings is 2. The Morgan fingerprint density at radius 1 is 0.862 bits per heavy atom. The highest BCUT2D eigenvalue weighted by Crippen LogP contribution is 2.31. The average Bonchev–Trinajstić information content (AvgIpc) is 3.24. The molecule has 0 spiro atoms. The zero-order chi connectivity index (χ0) is 19.6. The number of carbonyl (C=O) groups is 1. The van der Waals surface area contributed by atoms with Crippen LogP contribution in [0.15, 0.2) is 59.0 Å². The summed E-state index contributed by atoms with van der Waals surface area (Å²) in [6, 6.07) is 19.2. The first-order valence-corrected chi connectivity index (χ1v) is 10.7. The summed E-state index contributed by atoms with van der Waals surface area (Å²) in [5.41, 5.74) is 3.12. The van der Waals surface area contributed by atoms with Gasteiger partial charge in [-0.25, -0.2) is 0 Å². The van der Waals surface area contributed by atoms with Crippen molar-refractivity contribution in [2.75, 3.05) is 31.1 Å². The van der Waals surface area contributed by atoms with Gasteiger partial charge in [-0.3, -0.25) is 4.79 Å². The molecule has 150 valence electrons. The van der Waals surface area contributed by atoms with Crippen molar-refractivity contribution in [3.05, 3.63) is 60.2 Å². The highest BCUT2D eigenvalue weighted by Gasteiger charge is 2.32. The van der Waals surface area contributed by atoms with Crippen LogP contribution in [0.25, 0.3) is 11.1 Å². The highest BCUT2D eigenvalue weighted by atomic mass is 16.4. The number of carbonyl (C=O) groups excluding carboxylic acids is 1. The number of benzene rings is 2. The van der Waals surface area contributed by atoms with Gasteiger partial charge in [0.2, 0.25) is 5.91 Å². The second kappa shape index (κ2) is 7.90. The molecule has 3 heterocycles. The standard InChI is InChI=1S/C24H27N3O2/c28-23(26-14-10-19(11-15-26)18-6-2-1-3-7-18)20-12-16-27(17-13-20)24-25-21-8-4-5-9-22(21)29-24/h1-9,19-20H,10-17H2. The molecule has 0 aliphatic carbocycles. The second-order valence-corrected chi connectivity index (χ2v) is 8.24. The van der Waals surface area contributed by atoms with Crippen molar-refractivity contribution in [1.29, 1.82) is 0 Å². The van der Waals surface area contributed by atoms with Gasteiger partial charge in [-0.15, -0.1) is 0 Å². The largest absolute Gasteiger partial charge is 0.423 e. The number of fused-ring (bicyclic) bond motifs is 1. The second-order valence-electron chi connectivity index (χ2n) is 8.24. The summed E-state index contributed by atoms with van der Waals surface area (Å²) in [6.45, 7) is 3.40. The lowest BCUT2D eigenvalue weighted by Gasteiger charge is -2.37. The molecule has 2 aromatic carbocycles. The molecule has 5 nitrogen and oxygen atoms in total. The van der Waals surface area contributed by atoms with E-state index in [2.05, 4.69) is 45.1 Å². The van der Waals surface area contributed by atoms with Gasteiger partial charge in [0.1, 0.15) is 5.52 Å². The summed E-state index contributed by atoms with van der Waals surface area (Å²) < 4.78 is 5.89. The molecule has 2 aliphatic heterocycles. The van der Waals surface area contributed by atoms with E-state index >= 15 is 0 Å². The highest BCUT2D eigenvalue weighted by molar-refractivity contribution is 5.79. The molecule has 5 rings (SSSR count). The maximum atomic E-state index is 13.0. The quantitative estimate of drug-likeness (QED) is 0.664. The lowest BCUT2D eigenvalue weighted by atomic mass is 9.88. The molecular weight excluding hydrogens is 362 g/mol. The van der Waals surface area contributed by atoms with Crippen molar-refractivity contribution in [2.45, 2.75) is 31.6 Å². The molecule has 0 atom stereocenters. The Labute approximate surface area is 171 Å². The van der Waals surface area contributed by atoms with Crippen LogP contribution in [0.1, 0.15) is 37.2 Å². The number of para-hydroxylation sites is 2. The Balaban J connectivity index is 1.15. The third-order valence-electron chi connectivity index (χ3n) is 6.47. The van der Waals surface area contributed by atoms with Gasteiger partial charge in [0.15, 0.2) is 5.58 Å².